The third-order valence-corrected chi connectivity index (χ3v) is 14.4. The molecular formula is C33H40O3Si. The summed E-state index contributed by atoms with van der Waals surface area (Å²) in [6.07, 6.45) is 0. The minimum Gasteiger partial charge on any atom is -0.496 e. The van der Waals surface area contributed by atoms with Gasteiger partial charge in [-0.15, -0.1) is 0 Å². The molecule has 0 saturated heterocycles. The molecule has 0 amide bonds. The van der Waals surface area contributed by atoms with Crippen molar-refractivity contribution >= 4 is 23.6 Å². The molecule has 0 aliphatic heterocycles. The van der Waals surface area contributed by atoms with Crippen LogP contribution < -0.4 is 29.8 Å². The Morgan fingerprint density at radius 2 is 0.892 bits per heavy atom. The molecule has 0 heterocycles. The van der Waals surface area contributed by atoms with Crippen LogP contribution in [0.25, 0.3) is 0 Å². The van der Waals surface area contributed by atoms with E-state index in [1.54, 1.807) is 21.3 Å². The van der Waals surface area contributed by atoms with E-state index in [9.17, 15) is 0 Å². The van der Waals surface area contributed by atoms with E-state index in [1.165, 1.54) is 54.2 Å². The predicted molar refractivity (Wildman–Crippen MR) is 158 cm³/mol. The molecule has 1 aliphatic rings. The molecule has 4 rings (SSSR count). The number of allylic oxidation sites excluding steroid dienone is 4. The highest BCUT2D eigenvalue weighted by molar-refractivity contribution is 7.17. The van der Waals surface area contributed by atoms with E-state index in [0.717, 1.165) is 17.2 Å². The second-order valence-corrected chi connectivity index (χ2v) is 13.9. The molecular weight excluding hydrogens is 472 g/mol. The van der Waals surface area contributed by atoms with Crippen molar-refractivity contribution in [2.24, 2.45) is 5.92 Å². The molecule has 3 nitrogen and oxygen atoms in total. The Labute approximate surface area is 223 Å². The number of hydrogen-bond acceptors (Lipinski definition) is 3. The van der Waals surface area contributed by atoms with Gasteiger partial charge in [0.05, 0.1) is 21.3 Å². The number of rotatable bonds is 7. The summed E-state index contributed by atoms with van der Waals surface area (Å²) in [6.45, 7) is 15.9. The summed E-state index contributed by atoms with van der Waals surface area (Å²) in [5.74, 6) is 3.07. The van der Waals surface area contributed by atoms with E-state index in [2.05, 4.69) is 103 Å². The van der Waals surface area contributed by atoms with E-state index < -0.39 is 8.07 Å². The van der Waals surface area contributed by atoms with E-state index in [4.69, 9.17) is 14.2 Å². The molecule has 37 heavy (non-hydrogen) atoms. The Morgan fingerprint density at radius 1 is 0.541 bits per heavy atom. The summed E-state index contributed by atoms with van der Waals surface area (Å²) >= 11 is 0. The van der Waals surface area contributed by atoms with Gasteiger partial charge in [0.1, 0.15) is 17.2 Å². The zero-order valence-electron chi connectivity index (χ0n) is 24.0. The van der Waals surface area contributed by atoms with Crippen LogP contribution in [-0.4, -0.2) is 29.4 Å². The fraction of sp³-hybridized carbons (Fsp3) is 0.333. The van der Waals surface area contributed by atoms with Gasteiger partial charge in [0.25, 0.3) is 0 Å². The minimum atomic E-state index is -2.88. The van der Waals surface area contributed by atoms with Gasteiger partial charge in [-0.3, -0.25) is 0 Å². The molecule has 0 N–H and O–H groups in total. The zero-order valence-corrected chi connectivity index (χ0v) is 25.0. The van der Waals surface area contributed by atoms with Crippen LogP contribution in [0.5, 0.6) is 17.2 Å². The summed E-state index contributed by atoms with van der Waals surface area (Å²) in [6, 6.07) is 19.7. The molecule has 0 fully saturated rings. The van der Waals surface area contributed by atoms with Gasteiger partial charge in [0, 0.05) is 0 Å². The molecule has 0 saturated carbocycles. The normalized spacial score (nSPS) is 15.9. The third-order valence-electron chi connectivity index (χ3n) is 8.77. The van der Waals surface area contributed by atoms with E-state index in [0.29, 0.717) is 5.92 Å². The van der Waals surface area contributed by atoms with Gasteiger partial charge < -0.3 is 14.2 Å². The third kappa shape index (κ3) is 3.93. The SMILES string of the molecule is COc1cccc([Si](C2=C(C)C(C)=C(C)C2C)(c2cccc(OC)c2C)c2cccc(OC)c2C)c1C. The quantitative estimate of drug-likeness (QED) is 0.289. The van der Waals surface area contributed by atoms with Crippen LogP contribution in [0, 0.1) is 26.7 Å². The highest BCUT2D eigenvalue weighted by Crippen LogP contribution is 2.43. The van der Waals surface area contributed by atoms with Gasteiger partial charge >= 0.3 is 0 Å². The topological polar surface area (TPSA) is 27.7 Å². The van der Waals surface area contributed by atoms with Crippen molar-refractivity contribution in [1.29, 1.82) is 0 Å². The smallest absolute Gasteiger partial charge is 0.177 e. The second kappa shape index (κ2) is 10.3. The monoisotopic (exact) mass is 512 g/mol. The highest BCUT2D eigenvalue weighted by atomic mass is 28.3. The van der Waals surface area contributed by atoms with Crippen LogP contribution >= 0.6 is 0 Å². The molecule has 3 aromatic rings. The molecule has 0 radical (unpaired) electrons. The lowest BCUT2D eigenvalue weighted by Gasteiger charge is -2.41. The zero-order chi connectivity index (χ0) is 27.1. The molecule has 4 heteroatoms. The first-order chi connectivity index (χ1) is 17.7. The van der Waals surface area contributed by atoms with Crippen molar-refractivity contribution in [3.63, 3.8) is 0 Å². The van der Waals surface area contributed by atoms with Gasteiger partial charge in [-0.25, -0.2) is 0 Å². The van der Waals surface area contributed by atoms with Gasteiger partial charge in [0.15, 0.2) is 8.07 Å². The van der Waals surface area contributed by atoms with Crippen LogP contribution in [0.1, 0.15) is 44.4 Å². The van der Waals surface area contributed by atoms with Crippen molar-refractivity contribution in [3.05, 3.63) is 93.2 Å². The fourth-order valence-electron chi connectivity index (χ4n) is 6.57. The lowest BCUT2D eigenvalue weighted by molar-refractivity contribution is 0.412. The van der Waals surface area contributed by atoms with Gasteiger partial charge in [-0.05, 0) is 103 Å². The molecule has 1 unspecified atom stereocenters. The van der Waals surface area contributed by atoms with Crippen molar-refractivity contribution in [3.8, 4) is 17.2 Å². The van der Waals surface area contributed by atoms with E-state index in [-0.39, 0.29) is 0 Å². The van der Waals surface area contributed by atoms with Crippen molar-refractivity contribution < 1.29 is 14.2 Å². The largest absolute Gasteiger partial charge is 0.496 e. The van der Waals surface area contributed by atoms with Crippen molar-refractivity contribution in [2.45, 2.75) is 48.5 Å². The fourth-order valence-corrected chi connectivity index (χ4v) is 13.0. The van der Waals surface area contributed by atoms with Crippen LogP contribution in [0.3, 0.4) is 0 Å². The highest BCUT2D eigenvalue weighted by Gasteiger charge is 2.50. The van der Waals surface area contributed by atoms with Crippen LogP contribution in [-0.2, 0) is 0 Å². The van der Waals surface area contributed by atoms with Crippen LogP contribution in [0.4, 0.5) is 0 Å². The average Bonchev–Trinajstić information content (AvgIpc) is 3.09. The number of benzene rings is 3. The van der Waals surface area contributed by atoms with Gasteiger partial charge in [-0.1, -0.05) is 59.7 Å². The minimum absolute atomic E-state index is 0.313. The van der Waals surface area contributed by atoms with E-state index >= 15 is 0 Å². The Bertz CT molecular complexity index is 1280. The summed E-state index contributed by atoms with van der Waals surface area (Å²) in [4.78, 5) is 0. The maximum Gasteiger partial charge on any atom is 0.177 e. The lowest BCUT2D eigenvalue weighted by atomic mass is 10.1. The Morgan fingerprint density at radius 3 is 1.16 bits per heavy atom. The number of ether oxygens (including phenoxy) is 3. The van der Waals surface area contributed by atoms with Gasteiger partial charge in [-0.2, -0.15) is 0 Å². The molecule has 0 aromatic heterocycles. The molecule has 0 spiro atoms. The van der Waals surface area contributed by atoms with Crippen molar-refractivity contribution in [2.75, 3.05) is 21.3 Å². The first kappa shape index (κ1) is 26.8. The molecule has 1 atom stereocenters. The average molecular weight is 513 g/mol. The van der Waals surface area contributed by atoms with Gasteiger partial charge in [0.2, 0.25) is 0 Å². The number of hydrogen-bond donors (Lipinski definition) is 0. The lowest BCUT2D eigenvalue weighted by Crippen LogP contribution is -2.71. The molecule has 0 bridgehead atoms. The molecule has 1 aliphatic carbocycles. The van der Waals surface area contributed by atoms with Crippen LogP contribution in [0.15, 0.2) is 76.5 Å². The Balaban J connectivity index is 2.34. The second-order valence-electron chi connectivity index (χ2n) is 10.2. The Hall–Kier alpha value is -3.24. The van der Waals surface area contributed by atoms with Crippen LogP contribution in [0.2, 0.25) is 0 Å². The number of methoxy groups -OCH3 is 3. The van der Waals surface area contributed by atoms with E-state index in [1.807, 2.05) is 0 Å². The maximum absolute atomic E-state index is 5.91. The first-order valence-corrected chi connectivity index (χ1v) is 15.0. The first-order valence-electron chi connectivity index (χ1n) is 13.0. The van der Waals surface area contributed by atoms with Crippen molar-refractivity contribution in [1.82, 2.24) is 0 Å². The maximum atomic E-state index is 5.91. The summed E-state index contributed by atoms with van der Waals surface area (Å²) in [7, 11) is 2.42. The summed E-state index contributed by atoms with van der Waals surface area (Å²) in [5, 5.41) is 5.58. The predicted octanol–water partition coefficient (Wildman–Crippen LogP) is 5.95. The molecule has 3 aromatic carbocycles. The summed E-state index contributed by atoms with van der Waals surface area (Å²) in [5.41, 5.74) is 7.83. The standard InChI is InChI=1S/C33H40O3Si/c1-20-21(2)23(4)33(22(20)3)37(30-17-11-14-27(34-8)24(30)5,31-18-12-15-28(35-9)25(31)6)32-19-13-16-29(36-10)26(32)7/h11-19,22H,1-10H3. The Kier molecular flexibility index (Phi) is 7.43. The summed E-state index contributed by atoms with van der Waals surface area (Å²) < 4.78 is 17.7. The molecule has 194 valence electrons.